The van der Waals surface area contributed by atoms with Crippen LogP contribution in [0.15, 0.2) is 30.3 Å². The molecule has 2 amide bonds. The van der Waals surface area contributed by atoms with Gasteiger partial charge in [0.15, 0.2) is 0 Å². The van der Waals surface area contributed by atoms with Crippen molar-refractivity contribution in [2.24, 2.45) is 5.92 Å². The maximum Gasteiger partial charge on any atom is 0.433 e. The van der Waals surface area contributed by atoms with Crippen molar-refractivity contribution in [3.63, 3.8) is 0 Å². The maximum atomic E-state index is 13.4. The molecule has 2 aromatic rings. The number of para-hydroxylation sites is 1. The Morgan fingerprint density at radius 2 is 1.68 bits per heavy atom. The third-order valence-electron chi connectivity index (χ3n) is 6.11. The van der Waals surface area contributed by atoms with Crippen molar-refractivity contribution in [1.82, 2.24) is 14.8 Å². The number of carbonyl (C=O) groups excluding carboxylic acids is 2. The maximum absolute atomic E-state index is 13.4. The van der Waals surface area contributed by atoms with E-state index in [1.54, 1.807) is 54.8 Å². The van der Waals surface area contributed by atoms with Crippen molar-refractivity contribution in [3.05, 3.63) is 36.0 Å². The van der Waals surface area contributed by atoms with Gasteiger partial charge in [0.1, 0.15) is 11.3 Å². The summed E-state index contributed by atoms with van der Waals surface area (Å²) in [5.41, 5.74) is -0.757. The normalized spacial score (nSPS) is 19.6. The topological polar surface area (TPSA) is 66.0 Å². The van der Waals surface area contributed by atoms with Crippen LogP contribution in [0.3, 0.4) is 0 Å². The highest BCUT2D eigenvalue weighted by Gasteiger charge is 2.37. The van der Waals surface area contributed by atoms with Gasteiger partial charge in [-0.3, -0.25) is 4.79 Å². The van der Waals surface area contributed by atoms with E-state index in [-0.39, 0.29) is 11.8 Å². The number of nitrogens with zero attached hydrogens (tertiary/aromatic N) is 4. The molecule has 0 N–H and O–H groups in total. The number of rotatable bonds is 2. The second kappa shape index (κ2) is 8.96. The molecule has 2 aliphatic heterocycles. The number of hydrogen-bond acceptors (Lipinski definition) is 5. The quantitative estimate of drug-likeness (QED) is 0.649. The molecule has 0 radical (unpaired) electrons. The van der Waals surface area contributed by atoms with Gasteiger partial charge in [0.05, 0.1) is 11.4 Å². The van der Waals surface area contributed by atoms with Crippen LogP contribution in [-0.2, 0) is 15.7 Å². The lowest BCUT2D eigenvalue weighted by molar-refractivity contribution is -0.141. The minimum atomic E-state index is -4.54. The summed E-state index contributed by atoms with van der Waals surface area (Å²) < 4.78 is 45.6. The molecule has 0 bridgehead atoms. The lowest BCUT2D eigenvalue weighted by atomic mass is 10.1. The van der Waals surface area contributed by atoms with Crippen LogP contribution >= 0.6 is 0 Å². The SMILES string of the molecule is CC(C)(C)OC(=O)N1CC[C@H](C(=O)N2CCN(c3cc(C(F)(F)F)nc4ccccc34)CC2)C1. The lowest BCUT2D eigenvalue weighted by Gasteiger charge is -2.37. The number of ether oxygens (including phenoxy) is 1. The first-order chi connectivity index (χ1) is 15.9. The number of piperazine rings is 1. The van der Waals surface area contributed by atoms with E-state index in [0.29, 0.717) is 62.3 Å². The number of carbonyl (C=O) groups is 2. The predicted octanol–water partition coefficient (Wildman–Crippen LogP) is 4.16. The van der Waals surface area contributed by atoms with Gasteiger partial charge in [-0.2, -0.15) is 13.2 Å². The van der Waals surface area contributed by atoms with Crippen LogP contribution in [0.4, 0.5) is 23.7 Å². The summed E-state index contributed by atoms with van der Waals surface area (Å²) in [5, 5.41) is 0.652. The number of benzene rings is 1. The average Bonchev–Trinajstić information content (AvgIpc) is 3.27. The summed E-state index contributed by atoms with van der Waals surface area (Å²) in [7, 11) is 0. The molecule has 7 nitrogen and oxygen atoms in total. The molecule has 1 atom stereocenters. The molecule has 0 spiro atoms. The molecule has 0 saturated carbocycles. The van der Waals surface area contributed by atoms with Gasteiger partial charge >= 0.3 is 12.3 Å². The van der Waals surface area contributed by atoms with Crippen LogP contribution < -0.4 is 4.90 Å². The zero-order valence-electron chi connectivity index (χ0n) is 19.6. The van der Waals surface area contributed by atoms with Crippen LogP contribution in [0.5, 0.6) is 0 Å². The number of likely N-dealkylation sites (tertiary alicyclic amines) is 1. The fraction of sp³-hybridized carbons (Fsp3) is 0.542. The van der Waals surface area contributed by atoms with E-state index >= 15 is 0 Å². The first-order valence-corrected chi connectivity index (χ1v) is 11.4. The second-order valence-corrected chi connectivity index (χ2v) is 9.77. The average molecular weight is 479 g/mol. The van der Waals surface area contributed by atoms with Crippen LogP contribution in [0.2, 0.25) is 0 Å². The standard InChI is InChI=1S/C24H29F3N4O3/c1-23(2,3)34-22(33)31-9-8-16(15-31)21(32)30-12-10-29(11-13-30)19-14-20(24(25,26)27)28-18-7-5-4-6-17(18)19/h4-7,14,16H,8-13,15H2,1-3H3/t16-/m0/s1. The molecule has 4 rings (SSSR count). The predicted molar refractivity (Wildman–Crippen MR) is 121 cm³/mol. The highest BCUT2D eigenvalue weighted by atomic mass is 19.4. The van der Waals surface area contributed by atoms with Crippen molar-refractivity contribution in [3.8, 4) is 0 Å². The van der Waals surface area contributed by atoms with Gasteiger partial charge in [0, 0.05) is 50.3 Å². The van der Waals surface area contributed by atoms with Crippen molar-refractivity contribution in [2.45, 2.75) is 39.0 Å². The Morgan fingerprint density at radius 1 is 1.00 bits per heavy atom. The first-order valence-electron chi connectivity index (χ1n) is 11.4. The first kappa shape index (κ1) is 24.1. The number of pyridine rings is 1. The van der Waals surface area contributed by atoms with Gasteiger partial charge in [-0.25, -0.2) is 9.78 Å². The molecule has 1 aromatic carbocycles. The number of amides is 2. The molecule has 184 valence electrons. The Balaban J connectivity index is 1.42. The summed E-state index contributed by atoms with van der Waals surface area (Å²) >= 11 is 0. The fourth-order valence-electron chi connectivity index (χ4n) is 4.44. The number of aromatic nitrogens is 1. The molecular formula is C24H29F3N4O3. The largest absolute Gasteiger partial charge is 0.444 e. The van der Waals surface area contributed by atoms with Gasteiger partial charge < -0.3 is 19.4 Å². The van der Waals surface area contributed by atoms with E-state index in [1.165, 1.54) is 0 Å². The van der Waals surface area contributed by atoms with Gasteiger partial charge in [-0.1, -0.05) is 18.2 Å². The Labute approximate surface area is 196 Å². The van der Waals surface area contributed by atoms with Crippen LogP contribution in [0.25, 0.3) is 10.9 Å². The molecule has 0 aliphatic carbocycles. The van der Waals surface area contributed by atoms with Crippen molar-refractivity contribution < 1.29 is 27.5 Å². The van der Waals surface area contributed by atoms with E-state index in [4.69, 9.17) is 4.74 Å². The number of alkyl halides is 3. The summed E-state index contributed by atoms with van der Waals surface area (Å²) in [4.78, 5) is 34.3. The van der Waals surface area contributed by atoms with E-state index in [1.807, 2.05) is 4.90 Å². The molecular weight excluding hydrogens is 449 g/mol. The minimum absolute atomic E-state index is 0.0266. The molecule has 3 heterocycles. The number of fused-ring (bicyclic) bond motifs is 1. The number of hydrogen-bond donors (Lipinski definition) is 0. The third kappa shape index (κ3) is 5.20. The van der Waals surface area contributed by atoms with Crippen LogP contribution in [-0.4, -0.2) is 71.7 Å². The Kier molecular flexibility index (Phi) is 6.35. The van der Waals surface area contributed by atoms with Gasteiger partial charge in [-0.05, 0) is 39.3 Å². The number of halogens is 3. The lowest BCUT2D eigenvalue weighted by Crippen LogP contribution is -2.51. The molecule has 2 aliphatic rings. The van der Waals surface area contributed by atoms with Crippen molar-refractivity contribution >= 4 is 28.6 Å². The zero-order chi connectivity index (χ0) is 24.7. The number of anilines is 1. The van der Waals surface area contributed by atoms with Gasteiger partial charge in [-0.15, -0.1) is 0 Å². The van der Waals surface area contributed by atoms with Gasteiger partial charge in [0.2, 0.25) is 5.91 Å². The highest BCUT2D eigenvalue weighted by molar-refractivity contribution is 5.92. The highest BCUT2D eigenvalue weighted by Crippen LogP contribution is 2.35. The molecule has 0 unspecified atom stereocenters. The summed E-state index contributed by atoms with van der Waals surface area (Å²) in [5.74, 6) is -0.320. The smallest absolute Gasteiger partial charge is 0.433 e. The molecule has 2 saturated heterocycles. The molecule has 34 heavy (non-hydrogen) atoms. The molecule has 2 fully saturated rings. The Bertz CT molecular complexity index is 1080. The minimum Gasteiger partial charge on any atom is -0.444 e. The van der Waals surface area contributed by atoms with E-state index in [0.717, 1.165) is 6.07 Å². The van der Waals surface area contributed by atoms with Crippen LogP contribution in [0, 0.1) is 5.92 Å². The fourth-order valence-corrected chi connectivity index (χ4v) is 4.44. The Hall–Kier alpha value is -3.04. The summed E-state index contributed by atoms with van der Waals surface area (Å²) in [6.45, 7) is 7.82. The summed E-state index contributed by atoms with van der Waals surface area (Å²) in [6.07, 6.45) is -4.39. The zero-order valence-corrected chi connectivity index (χ0v) is 19.6. The van der Waals surface area contributed by atoms with Crippen LogP contribution in [0.1, 0.15) is 32.9 Å². The van der Waals surface area contributed by atoms with Gasteiger partial charge in [0.25, 0.3) is 0 Å². The second-order valence-electron chi connectivity index (χ2n) is 9.77. The monoisotopic (exact) mass is 478 g/mol. The Morgan fingerprint density at radius 3 is 2.32 bits per heavy atom. The van der Waals surface area contributed by atoms with Crippen molar-refractivity contribution in [1.29, 1.82) is 0 Å². The van der Waals surface area contributed by atoms with E-state index in [9.17, 15) is 22.8 Å². The molecule has 10 heteroatoms. The van der Waals surface area contributed by atoms with E-state index in [2.05, 4.69) is 4.98 Å². The summed E-state index contributed by atoms with van der Waals surface area (Å²) in [6, 6.07) is 7.87. The van der Waals surface area contributed by atoms with Crippen molar-refractivity contribution in [2.75, 3.05) is 44.2 Å². The third-order valence-corrected chi connectivity index (χ3v) is 6.11. The molecule has 1 aromatic heterocycles. The van der Waals surface area contributed by atoms with E-state index < -0.39 is 23.6 Å².